The highest BCUT2D eigenvalue weighted by molar-refractivity contribution is 7.16. The number of rotatable bonds is 17. The number of thiophene rings is 1. The van der Waals surface area contributed by atoms with Crippen molar-refractivity contribution >= 4 is 40.5 Å². The Morgan fingerprint density at radius 1 is 0.661 bits per heavy atom. The number of anilines is 2. The molecule has 0 unspecified atom stereocenters. The van der Waals surface area contributed by atoms with Crippen LogP contribution in [0.1, 0.15) is 37.7 Å². The second kappa shape index (κ2) is 20.5. The summed E-state index contributed by atoms with van der Waals surface area (Å²) in [5.74, 6) is -0.0289. The maximum atomic E-state index is 14.4. The highest BCUT2D eigenvalue weighted by Gasteiger charge is 2.29. The summed E-state index contributed by atoms with van der Waals surface area (Å²) in [6.07, 6.45) is 0.751. The zero-order valence-corrected chi connectivity index (χ0v) is 33.7. The van der Waals surface area contributed by atoms with Crippen molar-refractivity contribution in [1.29, 1.82) is 0 Å². The molecule has 2 heterocycles. The van der Waals surface area contributed by atoms with Gasteiger partial charge in [0, 0.05) is 56.9 Å². The van der Waals surface area contributed by atoms with Crippen LogP contribution in [0.3, 0.4) is 0 Å². The van der Waals surface area contributed by atoms with Crippen LogP contribution < -0.4 is 20.9 Å². The molecule has 1 saturated heterocycles. The molecule has 11 heteroatoms. The summed E-state index contributed by atoms with van der Waals surface area (Å²) >= 11 is 1.20. The van der Waals surface area contributed by atoms with Crippen LogP contribution in [0.4, 0.5) is 16.2 Å². The van der Waals surface area contributed by atoms with E-state index in [4.69, 9.17) is 4.74 Å². The lowest BCUT2D eigenvalue weighted by molar-refractivity contribution is 0.0566. The van der Waals surface area contributed by atoms with E-state index < -0.39 is 6.09 Å². The van der Waals surface area contributed by atoms with Gasteiger partial charge in [0.15, 0.2) is 5.78 Å². The number of hydrogen-bond acceptors (Lipinski definition) is 9. The zero-order chi connectivity index (χ0) is 40.8. The van der Waals surface area contributed by atoms with Gasteiger partial charge in [-0.1, -0.05) is 109 Å². The molecule has 10 nitrogen and oxygen atoms in total. The summed E-state index contributed by atoms with van der Waals surface area (Å²) in [6, 6.07) is 46.5. The lowest BCUT2D eigenvalue weighted by Crippen LogP contribution is -2.42. The van der Waals surface area contributed by atoms with Gasteiger partial charge in [-0.15, -0.1) is 11.3 Å². The van der Waals surface area contributed by atoms with Crippen molar-refractivity contribution in [3.05, 3.63) is 161 Å². The number of nitrogens with one attached hydrogen (secondary N) is 3. The van der Waals surface area contributed by atoms with Crippen LogP contribution >= 0.6 is 11.3 Å². The van der Waals surface area contributed by atoms with Crippen molar-refractivity contribution < 1.29 is 24.2 Å². The second-order valence-corrected chi connectivity index (χ2v) is 15.5. The number of likely N-dealkylation sites (tertiary alicyclic amines) is 1. The van der Waals surface area contributed by atoms with Crippen molar-refractivity contribution in [1.82, 2.24) is 20.9 Å². The second-order valence-electron chi connectivity index (χ2n) is 14.4. The normalized spacial score (nSPS) is 13.2. The van der Waals surface area contributed by atoms with E-state index >= 15 is 0 Å². The Labute approximate surface area is 349 Å². The number of ether oxygens (including phenoxy) is 1. The fourth-order valence-electron chi connectivity index (χ4n) is 7.17. The third-order valence-corrected chi connectivity index (χ3v) is 11.4. The van der Waals surface area contributed by atoms with Crippen molar-refractivity contribution in [3.63, 3.8) is 0 Å². The Morgan fingerprint density at radius 2 is 1.24 bits per heavy atom. The summed E-state index contributed by atoms with van der Waals surface area (Å²) < 4.78 is 6.33. The SMILES string of the molecule is O=C(CNCCN1CCC(OC(=O)N(c2ccccc2-c2ccccc2)c2ccccc2-c2ccccc2)CC1)c1ccc(C(=O)NCCNCc2ccc(O)cc2)s1. The number of para-hydroxylation sites is 2. The first-order valence-corrected chi connectivity index (χ1v) is 20.9. The van der Waals surface area contributed by atoms with Gasteiger partial charge in [0.1, 0.15) is 11.9 Å². The van der Waals surface area contributed by atoms with E-state index in [9.17, 15) is 19.5 Å². The van der Waals surface area contributed by atoms with Crippen LogP contribution in [0.15, 0.2) is 146 Å². The van der Waals surface area contributed by atoms with Crippen molar-refractivity contribution in [3.8, 4) is 28.0 Å². The number of hydrogen-bond donors (Lipinski definition) is 4. The molecular weight excluding hydrogens is 759 g/mol. The minimum atomic E-state index is -0.413. The number of carbonyl (C=O) groups is 3. The first-order valence-electron chi connectivity index (χ1n) is 20.1. The fraction of sp³-hybridized carbons (Fsp3) is 0.229. The van der Waals surface area contributed by atoms with E-state index in [2.05, 4.69) is 45.1 Å². The van der Waals surface area contributed by atoms with Gasteiger partial charge >= 0.3 is 6.09 Å². The molecule has 0 aliphatic carbocycles. The lowest BCUT2D eigenvalue weighted by Gasteiger charge is -2.34. The monoisotopic (exact) mass is 807 g/mol. The summed E-state index contributed by atoms with van der Waals surface area (Å²) in [5, 5.41) is 18.8. The van der Waals surface area contributed by atoms with E-state index in [0.717, 1.165) is 58.8 Å². The number of phenolic OH excluding ortho intramolecular Hbond substituents is 1. The summed E-state index contributed by atoms with van der Waals surface area (Å²) in [4.78, 5) is 45.1. The van der Waals surface area contributed by atoms with E-state index in [1.54, 1.807) is 29.2 Å². The molecule has 1 aliphatic heterocycles. The first-order chi connectivity index (χ1) is 28.9. The van der Waals surface area contributed by atoms with E-state index in [1.165, 1.54) is 11.3 Å². The predicted octanol–water partition coefficient (Wildman–Crippen LogP) is 8.52. The lowest BCUT2D eigenvalue weighted by atomic mass is 10.00. The molecule has 0 bridgehead atoms. The Bertz CT molecular complexity index is 2210. The van der Waals surface area contributed by atoms with Gasteiger partial charge in [-0.05, 0) is 65.9 Å². The van der Waals surface area contributed by atoms with E-state index in [1.807, 2.05) is 97.1 Å². The number of carbonyl (C=O) groups excluding carboxylic acids is 3. The quantitative estimate of drug-likeness (QED) is 0.0535. The number of ketones is 1. The highest BCUT2D eigenvalue weighted by Crippen LogP contribution is 2.40. The molecule has 7 rings (SSSR count). The van der Waals surface area contributed by atoms with Crippen molar-refractivity contribution in [2.45, 2.75) is 25.5 Å². The Morgan fingerprint density at radius 3 is 1.86 bits per heavy atom. The smallest absolute Gasteiger partial charge is 0.419 e. The maximum Gasteiger partial charge on any atom is 0.419 e. The number of nitrogens with zero attached hydrogens (tertiary/aromatic N) is 2. The van der Waals surface area contributed by atoms with Gasteiger partial charge in [0.25, 0.3) is 5.91 Å². The molecule has 5 aromatic carbocycles. The average Bonchev–Trinajstić information content (AvgIpc) is 3.78. The molecule has 0 saturated carbocycles. The molecule has 1 fully saturated rings. The van der Waals surface area contributed by atoms with E-state index in [0.29, 0.717) is 48.8 Å². The minimum absolute atomic E-state index is 0.0533. The van der Waals surface area contributed by atoms with Crippen LogP contribution in [0.5, 0.6) is 5.75 Å². The fourth-order valence-corrected chi connectivity index (χ4v) is 8.03. The summed E-state index contributed by atoms with van der Waals surface area (Å²) in [7, 11) is 0. The van der Waals surface area contributed by atoms with Crippen LogP contribution in [-0.4, -0.2) is 79.7 Å². The van der Waals surface area contributed by atoms with Crippen molar-refractivity contribution in [2.75, 3.05) is 50.7 Å². The number of benzene rings is 5. The molecule has 0 radical (unpaired) electrons. The molecule has 0 atom stereocenters. The first kappa shape index (κ1) is 41.1. The van der Waals surface area contributed by atoms with Crippen LogP contribution in [0, 0.1) is 0 Å². The summed E-state index contributed by atoms with van der Waals surface area (Å²) in [5.41, 5.74) is 6.42. The number of amides is 2. The Balaban J connectivity index is 0.884. The molecule has 0 spiro atoms. The number of piperidine rings is 1. The molecular formula is C48H49N5O5S. The summed E-state index contributed by atoms with van der Waals surface area (Å²) in [6.45, 7) is 4.77. The molecule has 2 amide bonds. The minimum Gasteiger partial charge on any atom is -0.508 e. The molecule has 1 aromatic heterocycles. The highest BCUT2D eigenvalue weighted by atomic mass is 32.1. The predicted molar refractivity (Wildman–Crippen MR) is 236 cm³/mol. The molecule has 59 heavy (non-hydrogen) atoms. The molecule has 4 N–H and O–H groups in total. The zero-order valence-electron chi connectivity index (χ0n) is 32.9. The maximum absolute atomic E-state index is 14.4. The Hall–Kier alpha value is -6.11. The van der Waals surface area contributed by atoms with Gasteiger partial charge in [0.05, 0.1) is 27.7 Å². The standard InChI is InChI=1S/C48H49N5O5S/c54-38-21-19-35(20-22-38)33-49-27-28-51-47(56)46-24-23-45(59-46)44(55)34-50-29-32-52-30-25-39(26-31-52)58-48(57)53(42-17-9-7-15-40(42)36-11-3-1-4-12-36)43-18-10-8-16-41(43)37-13-5-2-6-14-37/h1-24,39,49-50,54H,25-34H2,(H,51,56). The number of Topliss-reactive ketones (excluding diaryl/α,β-unsaturated/α-hetero) is 1. The third kappa shape index (κ3) is 11.1. The third-order valence-electron chi connectivity index (χ3n) is 10.3. The number of phenols is 1. The Kier molecular flexibility index (Phi) is 14.3. The van der Waals surface area contributed by atoms with Crippen molar-refractivity contribution in [2.24, 2.45) is 0 Å². The van der Waals surface area contributed by atoms with Gasteiger partial charge < -0.3 is 30.7 Å². The van der Waals surface area contributed by atoms with Crippen LogP contribution in [0.25, 0.3) is 22.3 Å². The van der Waals surface area contributed by atoms with Gasteiger partial charge in [-0.3, -0.25) is 9.59 Å². The molecule has 1 aliphatic rings. The van der Waals surface area contributed by atoms with Crippen LogP contribution in [0.2, 0.25) is 0 Å². The van der Waals surface area contributed by atoms with Gasteiger partial charge in [0.2, 0.25) is 0 Å². The average molecular weight is 808 g/mol. The van der Waals surface area contributed by atoms with E-state index in [-0.39, 0.29) is 30.1 Å². The van der Waals surface area contributed by atoms with Gasteiger partial charge in [-0.25, -0.2) is 9.69 Å². The largest absolute Gasteiger partial charge is 0.508 e. The van der Waals surface area contributed by atoms with Gasteiger partial charge in [-0.2, -0.15) is 0 Å². The topological polar surface area (TPSA) is 123 Å². The molecule has 6 aromatic rings. The molecule has 302 valence electrons. The number of aromatic hydroxyl groups is 1. The van der Waals surface area contributed by atoms with Crippen LogP contribution in [-0.2, 0) is 11.3 Å².